The van der Waals surface area contributed by atoms with Crippen molar-refractivity contribution in [1.29, 1.82) is 0 Å². The first kappa shape index (κ1) is 18.9. The van der Waals surface area contributed by atoms with Gasteiger partial charge < -0.3 is 15.3 Å². The van der Waals surface area contributed by atoms with Gasteiger partial charge in [-0.1, -0.05) is 30.3 Å². The largest absolute Gasteiger partial charge is 0.508 e. The molecule has 0 amide bonds. The maximum absolute atomic E-state index is 9.49. The second kappa shape index (κ2) is 7.61. The first-order valence-electron chi connectivity index (χ1n) is 10.5. The van der Waals surface area contributed by atoms with Gasteiger partial charge in [-0.15, -0.1) is 0 Å². The van der Waals surface area contributed by atoms with E-state index < -0.39 is 0 Å². The Morgan fingerprint density at radius 2 is 1.73 bits per heavy atom. The summed E-state index contributed by atoms with van der Waals surface area (Å²) in [5.74, 6) is 3.05. The molecule has 0 unspecified atom stereocenters. The number of nitrogens with zero attached hydrogens (tertiary/aromatic N) is 4. The van der Waals surface area contributed by atoms with E-state index in [4.69, 9.17) is 4.98 Å². The summed E-state index contributed by atoms with van der Waals surface area (Å²) in [6.07, 6.45) is 0. The molecule has 3 heterocycles. The standard InChI is InChI=1S/C24H27N5O/c1-16-12-22(27-24(25-16)26-19-8-10-20(30)11-9-19)29-14-18-13-28(2)23(21(18)15-29)17-6-4-3-5-7-17/h3-12,18,21,23,30H,13-15H2,1-2H3,(H,25,26,27)/t18-,21+,23-/m0/s1. The van der Waals surface area contributed by atoms with Crippen molar-refractivity contribution in [3.8, 4) is 5.75 Å². The number of hydrogen-bond acceptors (Lipinski definition) is 6. The predicted molar refractivity (Wildman–Crippen MR) is 119 cm³/mol. The minimum atomic E-state index is 0.243. The molecule has 1 aromatic heterocycles. The Labute approximate surface area is 177 Å². The summed E-state index contributed by atoms with van der Waals surface area (Å²) in [5, 5.41) is 12.7. The Bertz CT molecular complexity index is 1020. The molecule has 2 saturated heterocycles. The van der Waals surface area contributed by atoms with E-state index in [2.05, 4.69) is 63.5 Å². The van der Waals surface area contributed by atoms with Crippen molar-refractivity contribution >= 4 is 17.5 Å². The van der Waals surface area contributed by atoms with Gasteiger partial charge in [0.1, 0.15) is 11.6 Å². The molecular formula is C24H27N5O. The molecule has 3 atom stereocenters. The van der Waals surface area contributed by atoms with E-state index in [0.717, 1.165) is 36.8 Å². The molecule has 154 valence electrons. The first-order valence-corrected chi connectivity index (χ1v) is 10.5. The normalized spacial score (nSPS) is 23.5. The van der Waals surface area contributed by atoms with Gasteiger partial charge in [-0.05, 0) is 49.7 Å². The third kappa shape index (κ3) is 3.59. The summed E-state index contributed by atoms with van der Waals surface area (Å²) in [7, 11) is 2.24. The Hall–Kier alpha value is -3.12. The van der Waals surface area contributed by atoms with Crippen LogP contribution in [0.2, 0.25) is 0 Å². The fourth-order valence-electron chi connectivity index (χ4n) is 5.04. The van der Waals surface area contributed by atoms with Gasteiger partial charge in [-0.25, -0.2) is 4.98 Å². The van der Waals surface area contributed by atoms with E-state index in [1.807, 2.05) is 19.1 Å². The minimum absolute atomic E-state index is 0.243. The fraction of sp³-hybridized carbons (Fsp3) is 0.333. The summed E-state index contributed by atoms with van der Waals surface area (Å²) >= 11 is 0. The second-order valence-corrected chi connectivity index (χ2v) is 8.49. The molecule has 2 aliphatic rings. The van der Waals surface area contributed by atoms with Crippen molar-refractivity contribution in [2.24, 2.45) is 11.8 Å². The van der Waals surface area contributed by atoms with Crippen molar-refractivity contribution in [3.05, 3.63) is 71.9 Å². The molecule has 0 bridgehead atoms. The molecule has 3 aromatic rings. The predicted octanol–water partition coefficient (Wildman–Crippen LogP) is 3.97. The zero-order valence-electron chi connectivity index (χ0n) is 17.4. The molecule has 0 radical (unpaired) electrons. The average molecular weight is 402 g/mol. The van der Waals surface area contributed by atoms with Gasteiger partial charge in [0.2, 0.25) is 5.95 Å². The Morgan fingerprint density at radius 1 is 0.967 bits per heavy atom. The Balaban J connectivity index is 1.37. The highest BCUT2D eigenvalue weighted by molar-refractivity contribution is 5.57. The number of phenols is 1. The number of likely N-dealkylation sites (tertiary alicyclic amines) is 1. The molecule has 0 spiro atoms. The highest BCUT2D eigenvalue weighted by Crippen LogP contribution is 2.44. The number of rotatable bonds is 4. The van der Waals surface area contributed by atoms with Gasteiger partial charge >= 0.3 is 0 Å². The van der Waals surface area contributed by atoms with E-state index >= 15 is 0 Å². The SMILES string of the molecule is Cc1cc(N2C[C@@H]3CN(C)[C@@H](c4ccccc4)[C@@H]3C2)nc(Nc2ccc(O)cc2)n1. The molecule has 30 heavy (non-hydrogen) atoms. The summed E-state index contributed by atoms with van der Waals surface area (Å²) in [4.78, 5) is 14.3. The number of aromatic nitrogens is 2. The number of aromatic hydroxyl groups is 1. The first-order chi connectivity index (χ1) is 14.6. The lowest BCUT2D eigenvalue weighted by atomic mass is 9.90. The third-order valence-corrected chi connectivity index (χ3v) is 6.32. The van der Waals surface area contributed by atoms with Crippen molar-refractivity contribution in [2.75, 3.05) is 36.9 Å². The van der Waals surface area contributed by atoms with Gasteiger partial charge in [0.25, 0.3) is 0 Å². The highest BCUT2D eigenvalue weighted by Gasteiger charge is 2.46. The fourth-order valence-corrected chi connectivity index (χ4v) is 5.04. The lowest BCUT2D eigenvalue weighted by Crippen LogP contribution is -2.29. The van der Waals surface area contributed by atoms with Crippen molar-refractivity contribution < 1.29 is 5.11 Å². The van der Waals surface area contributed by atoms with Gasteiger partial charge in [0, 0.05) is 49.0 Å². The maximum Gasteiger partial charge on any atom is 0.229 e. The Kier molecular flexibility index (Phi) is 4.79. The van der Waals surface area contributed by atoms with E-state index in [0.29, 0.717) is 23.8 Å². The zero-order valence-corrected chi connectivity index (χ0v) is 17.4. The summed E-state index contributed by atoms with van der Waals surface area (Å²) in [6.45, 7) is 5.14. The van der Waals surface area contributed by atoms with E-state index in [1.165, 1.54) is 5.56 Å². The van der Waals surface area contributed by atoms with Crippen LogP contribution < -0.4 is 10.2 Å². The molecular weight excluding hydrogens is 374 g/mol. The summed E-state index contributed by atoms with van der Waals surface area (Å²) in [6, 6.07) is 20.3. The van der Waals surface area contributed by atoms with Crippen LogP contribution in [-0.2, 0) is 0 Å². The van der Waals surface area contributed by atoms with Crippen LogP contribution in [-0.4, -0.2) is 46.7 Å². The quantitative estimate of drug-likeness (QED) is 0.645. The number of benzene rings is 2. The lowest BCUT2D eigenvalue weighted by Gasteiger charge is -2.27. The minimum Gasteiger partial charge on any atom is -0.508 e. The van der Waals surface area contributed by atoms with Crippen molar-refractivity contribution in [2.45, 2.75) is 13.0 Å². The van der Waals surface area contributed by atoms with Gasteiger partial charge in [0.15, 0.2) is 0 Å². The van der Waals surface area contributed by atoms with Crippen LogP contribution in [0.3, 0.4) is 0 Å². The smallest absolute Gasteiger partial charge is 0.229 e. The number of aryl methyl sites for hydroxylation is 1. The van der Waals surface area contributed by atoms with E-state index in [1.54, 1.807) is 12.1 Å². The van der Waals surface area contributed by atoms with Gasteiger partial charge in [-0.2, -0.15) is 4.98 Å². The molecule has 2 aliphatic heterocycles. The molecule has 0 aliphatic carbocycles. The molecule has 6 nitrogen and oxygen atoms in total. The number of phenolic OH excluding ortho intramolecular Hbond substituents is 1. The monoisotopic (exact) mass is 401 g/mol. The lowest BCUT2D eigenvalue weighted by molar-refractivity contribution is 0.280. The topological polar surface area (TPSA) is 64.5 Å². The second-order valence-electron chi connectivity index (χ2n) is 8.49. The van der Waals surface area contributed by atoms with Gasteiger partial charge in [0.05, 0.1) is 0 Å². The average Bonchev–Trinajstić information content (AvgIpc) is 3.26. The number of nitrogens with one attached hydrogen (secondary N) is 1. The highest BCUT2D eigenvalue weighted by atomic mass is 16.3. The Morgan fingerprint density at radius 3 is 2.50 bits per heavy atom. The van der Waals surface area contributed by atoms with Crippen molar-refractivity contribution in [1.82, 2.24) is 14.9 Å². The van der Waals surface area contributed by atoms with Crippen LogP contribution in [0.4, 0.5) is 17.5 Å². The van der Waals surface area contributed by atoms with E-state index in [-0.39, 0.29) is 5.75 Å². The van der Waals surface area contributed by atoms with Crippen LogP contribution in [0, 0.1) is 18.8 Å². The van der Waals surface area contributed by atoms with Crippen LogP contribution in [0.15, 0.2) is 60.7 Å². The summed E-state index contributed by atoms with van der Waals surface area (Å²) in [5.41, 5.74) is 3.20. The molecule has 0 saturated carbocycles. The molecule has 2 fully saturated rings. The molecule has 6 heteroatoms. The third-order valence-electron chi connectivity index (χ3n) is 6.32. The molecule has 2 N–H and O–H groups in total. The van der Waals surface area contributed by atoms with Gasteiger partial charge in [-0.3, -0.25) is 4.90 Å². The molecule has 5 rings (SSSR count). The van der Waals surface area contributed by atoms with Crippen LogP contribution in [0.5, 0.6) is 5.75 Å². The maximum atomic E-state index is 9.49. The van der Waals surface area contributed by atoms with Crippen molar-refractivity contribution in [3.63, 3.8) is 0 Å². The van der Waals surface area contributed by atoms with Crippen LogP contribution in [0.25, 0.3) is 0 Å². The number of anilines is 3. The number of fused-ring (bicyclic) bond motifs is 1. The van der Waals surface area contributed by atoms with Crippen LogP contribution in [0.1, 0.15) is 17.3 Å². The van der Waals surface area contributed by atoms with E-state index in [9.17, 15) is 5.11 Å². The number of hydrogen-bond donors (Lipinski definition) is 2. The zero-order chi connectivity index (χ0) is 20.7. The molecule has 2 aromatic carbocycles. The summed E-state index contributed by atoms with van der Waals surface area (Å²) < 4.78 is 0. The van der Waals surface area contributed by atoms with Crippen LogP contribution >= 0.6 is 0 Å².